The van der Waals surface area contributed by atoms with Crippen LogP contribution in [-0.2, 0) is 17.4 Å². The second kappa shape index (κ2) is 8.22. The molecule has 0 saturated carbocycles. The average molecular weight is 448 g/mol. The molecule has 0 spiro atoms. The van der Waals surface area contributed by atoms with Gasteiger partial charge in [-0.3, -0.25) is 9.48 Å². The van der Waals surface area contributed by atoms with Crippen molar-refractivity contribution < 1.29 is 18.0 Å². The minimum absolute atomic E-state index is 0.0529. The molecule has 0 unspecified atom stereocenters. The van der Waals surface area contributed by atoms with E-state index in [0.29, 0.717) is 30.8 Å². The maximum absolute atomic E-state index is 13.6. The molecule has 1 saturated heterocycles. The Morgan fingerprint density at radius 2 is 1.97 bits per heavy atom. The monoisotopic (exact) mass is 448 g/mol. The third-order valence-electron chi connectivity index (χ3n) is 6.00. The van der Waals surface area contributed by atoms with E-state index < -0.39 is 11.9 Å². The first-order valence-corrected chi connectivity index (χ1v) is 10.9. The summed E-state index contributed by atoms with van der Waals surface area (Å²) in [6, 6.07) is 4.10. The Kier molecular flexibility index (Phi) is 5.72. The van der Waals surface area contributed by atoms with Crippen LogP contribution in [-0.4, -0.2) is 41.7 Å². The highest BCUT2D eigenvalue weighted by atomic mass is 19.4. The van der Waals surface area contributed by atoms with Gasteiger partial charge < -0.3 is 4.90 Å². The minimum atomic E-state index is -4.55. The van der Waals surface area contributed by atoms with Crippen LogP contribution in [0.4, 0.5) is 13.2 Å². The van der Waals surface area contributed by atoms with Gasteiger partial charge in [0.05, 0.1) is 23.5 Å². The van der Waals surface area contributed by atoms with E-state index in [9.17, 15) is 18.0 Å². The molecule has 172 valence electrons. The van der Waals surface area contributed by atoms with Gasteiger partial charge in [0.25, 0.3) is 0 Å². The molecule has 1 aliphatic heterocycles. The lowest BCUT2D eigenvalue weighted by Crippen LogP contribution is -2.32. The molecule has 1 fully saturated rings. The Labute approximate surface area is 184 Å². The van der Waals surface area contributed by atoms with E-state index in [4.69, 9.17) is 0 Å². The number of aromatic nitrogens is 5. The number of hydrogen-bond acceptors (Lipinski definition) is 4. The predicted octanol–water partition coefficient (Wildman–Crippen LogP) is 4.44. The van der Waals surface area contributed by atoms with Crippen molar-refractivity contribution in [2.45, 2.75) is 71.6 Å². The van der Waals surface area contributed by atoms with E-state index in [1.54, 1.807) is 17.9 Å². The summed E-state index contributed by atoms with van der Waals surface area (Å²) in [6.07, 6.45) is -2.46. The van der Waals surface area contributed by atoms with Gasteiger partial charge in [0, 0.05) is 30.4 Å². The van der Waals surface area contributed by atoms with Crippen molar-refractivity contribution in [2.75, 3.05) is 6.54 Å². The summed E-state index contributed by atoms with van der Waals surface area (Å²) in [7, 11) is 0. The normalized spacial score (nSPS) is 18.0. The van der Waals surface area contributed by atoms with E-state index in [0.717, 1.165) is 28.4 Å². The molecule has 4 heterocycles. The zero-order chi connectivity index (χ0) is 23.2. The van der Waals surface area contributed by atoms with Crippen molar-refractivity contribution in [1.29, 1.82) is 0 Å². The van der Waals surface area contributed by atoms with Crippen LogP contribution in [0.25, 0.3) is 5.65 Å². The molecule has 7 nitrogen and oxygen atoms in total. The van der Waals surface area contributed by atoms with Crippen LogP contribution in [0.1, 0.15) is 73.7 Å². The Morgan fingerprint density at radius 1 is 1.22 bits per heavy atom. The number of halogens is 3. The van der Waals surface area contributed by atoms with Gasteiger partial charge in [-0.25, -0.2) is 9.50 Å². The van der Waals surface area contributed by atoms with Crippen LogP contribution >= 0.6 is 0 Å². The molecule has 0 N–H and O–H groups in total. The van der Waals surface area contributed by atoms with Crippen LogP contribution in [0, 0.1) is 13.8 Å². The third-order valence-corrected chi connectivity index (χ3v) is 6.00. The maximum atomic E-state index is 13.6. The van der Waals surface area contributed by atoms with Crippen LogP contribution in [0.3, 0.4) is 0 Å². The van der Waals surface area contributed by atoms with E-state index in [1.807, 2.05) is 31.5 Å². The lowest BCUT2D eigenvalue weighted by Gasteiger charge is -2.25. The van der Waals surface area contributed by atoms with Crippen molar-refractivity contribution in [3.05, 3.63) is 46.7 Å². The average Bonchev–Trinajstić information content (AvgIpc) is 3.43. The number of amides is 1. The topological polar surface area (TPSA) is 68.3 Å². The SMILES string of the molecule is CCc1cc(C(F)(F)F)n2nc([C@H]3CCCN3C(=O)C[C@@H](C)n3nc(C)cc3C)cc2n1. The summed E-state index contributed by atoms with van der Waals surface area (Å²) >= 11 is 0. The smallest absolute Gasteiger partial charge is 0.334 e. The van der Waals surface area contributed by atoms with Gasteiger partial charge in [0.2, 0.25) is 5.91 Å². The number of likely N-dealkylation sites (tertiary alicyclic amines) is 1. The number of rotatable bonds is 5. The molecular weight excluding hydrogens is 421 g/mol. The molecule has 4 rings (SSSR count). The summed E-state index contributed by atoms with van der Waals surface area (Å²) in [4.78, 5) is 19.2. The van der Waals surface area contributed by atoms with E-state index in [2.05, 4.69) is 15.2 Å². The van der Waals surface area contributed by atoms with Gasteiger partial charge in [0.15, 0.2) is 5.65 Å². The van der Waals surface area contributed by atoms with E-state index >= 15 is 0 Å². The summed E-state index contributed by atoms with van der Waals surface area (Å²) in [6.45, 7) is 8.12. The second-order valence-corrected chi connectivity index (χ2v) is 8.49. The van der Waals surface area contributed by atoms with Gasteiger partial charge >= 0.3 is 6.18 Å². The first-order chi connectivity index (χ1) is 15.1. The number of carbonyl (C=O) groups excluding carboxylic acids is 1. The van der Waals surface area contributed by atoms with Gasteiger partial charge in [-0.2, -0.15) is 23.4 Å². The molecule has 1 amide bonds. The van der Waals surface area contributed by atoms with E-state index in [1.165, 1.54) is 0 Å². The number of carbonyl (C=O) groups is 1. The molecule has 2 atom stereocenters. The van der Waals surface area contributed by atoms with Crippen LogP contribution < -0.4 is 0 Å². The number of nitrogens with zero attached hydrogens (tertiary/aromatic N) is 6. The quantitative estimate of drug-likeness (QED) is 0.579. The van der Waals surface area contributed by atoms with Gasteiger partial charge in [-0.15, -0.1) is 0 Å². The number of hydrogen-bond donors (Lipinski definition) is 0. The lowest BCUT2D eigenvalue weighted by molar-refractivity contribution is -0.142. The van der Waals surface area contributed by atoms with Gasteiger partial charge in [-0.1, -0.05) is 6.92 Å². The molecule has 0 aromatic carbocycles. The zero-order valence-corrected chi connectivity index (χ0v) is 18.6. The second-order valence-electron chi connectivity index (χ2n) is 8.49. The van der Waals surface area contributed by atoms with Crippen molar-refractivity contribution in [3.8, 4) is 0 Å². The van der Waals surface area contributed by atoms with Crippen molar-refractivity contribution in [3.63, 3.8) is 0 Å². The number of aryl methyl sites for hydroxylation is 3. The zero-order valence-electron chi connectivity index (χ0n) is 18.6. The fourth-order valence-corrected chi connectivity index (χ4v) is 4.51. The maximum Gasteiger partial charge on any atom is 0.433 e. The minimum Gasteiger partial charge on any atom is -0.334 e. The van der Waals surface area contributed by atoms with Crippen LogP contribution in [0.15, 0.2) is 18.2 Å². The fraction of sp³-hybridized carbons (Fsp3) is 0.545. The molecule has 1 aliphatic rings. The molecule has 32 heavy (non-hydrogen) atoms. The molecular formula is C22H27F3N6O. The van der Waals surface area contributed by atoms with E-state index in [-0.39, 0.29) is 30.1 Å². The highest BCUT2D eigenvalue weighted by Crippen LogP contribution is 2.35. The third kappa shape index (κ3) is 4.10. The number of alkyl halides is 3. The molecule has 0 radical (unpaired) electrons. The highest BCUT2D eigenvalue weighted by Gasteiger charge is 2.37. The van der Waals surface area contributed by atoms with Crippen molar-refractivity contribution in [1.82, 2.24) is 29.3 Å². The van der Waals surface area contributed by atoms with Gasteiger partial charge in [0.1, 0.15) is 5.69 Å². The van der Waals surface area contributed by atoms with Crippen LogP contribution in [0.2, 0.25) is 0 Å². The van der Waals surface area contributed by atoms with Gasteiger partial charge in [-0.05, 0) is 52.2 Å². The number of fused-ring (bicyclic) bond motifs is 1. The van der Waals surface area contributed by atoms with Crippen molar-refractivity contribution in [2.24, 2.45) is 0 Å². The summed E-state index contributed by atoms with van der Waals surface area (Å²) in [5.74, 6) is -0.0529. The summed E-state index contributed by atoms with van der Waals surface area (Å²) in [5, 5.41) is 8.71. The largest absolute Gasteiger partial charge is 0.433 e. The molecule has 3 aromatic heterocycles. The molecule has 0 bridgehead atoms. The first-order valence-electron chi connectivity index (χ1n) is 10.9. The molecule has 0 aliphatic carbocycles. The predicted molar refractivity (Wildman–Crippen MR) is 112 cm³/mol. The standard InChI is InChI=1S/C22H27F3N6O/c1-5-16-11-19(22(23,24)25)31-20(26-16)12-17(28-31)18-7-6-8-29(18)21(32)10-15(4)30-14(3)9-13(2)27-30/h9,11-12,15,18H,5-8,10H2,1-4H3/t15-,18-/m1/s1. The Balaban J connectivity index is 1.61. The summed E-state index contributed by atoms with van der Waals surface area (Å²) < 4.78 is 43.5. The highest BCUT2D eigenvalue weighted by molar-refractivity contribution is 5.77. The molecule has 3 aromatic rings. The first kappa shape index (κ1) is 22.3. The van der Waals surface area contributed by atoms with Crippen molar-refractivity contribution >= 4 is 11.6 Å². The van der Waals surface area contributed by atoms with Crippen LogP contribution in [0.5, 0.6) is 0 Å². The molecule has 10 heteroatoms. The lowest BCUT2D eigenvalue weighted by atomic mass is 10.1. The Hall–Kier alpha value is -2.91. The summed E-state index contributed by atoms with van der Waals surface area (Å²) in [5.41, 5.74) is 1.99. The fourth-order valence-electron chi connectivity index (χ4n) is 4.51. The Morgan fingerprint density at radius 3 is 2.59 bits per heavy atom. The Bertz CT molecular complexity index is 1150.